The highest BCUT2D eigenvalue weighted by Gasteiger charge is 2.20. The number of para-hydroxylation sites is 2. The quantitative estimate of drug-likeness (QED) is 0.168. The molecule has 12 aromatic rings. The fourth-order valence-corrected chi connectivity index (χ4v) is 7.88. The van der Waals surface area contributed by atoms with E-state index in [4.69, 9.17) is 28.8 Å². The summed E-state index contributed by atoms with van der Waals surface area (Å²) in [7, 11) is 0. The Balaban J connectivity index is 0.970. The molecule has 58 heavy (non-hydrogen) atoms. The molecule has 6 aromatic carbocycles. The van der Waals surface area contributed by atoms with Crippen molar-refractivity contribution >= 4 is 65.9 Å². The standard InChI is InChI=1S/C48H26N8O2/c1-2-8-31-30(7-1)29(27-14-16-28(17-15-27)48-53-39-25-36-32-9-3-4-13-40(32)57-41(36)26-42(39)58-48)18-19-33(31)45-54-46(34-10-5-11-37-43(34)52-24-23-50-37)56-47(55-45)35-20-22-49-38-12-6-21-51-44(35)38/h1-26H. The molecule has 0 fully saturated rings. The molecule has 6 heterocycles. The van der Waals surface area contributed by atoms with Gasteiger partial charge in [0.1, 0.15) is 16.7 Å². The predicted molar refractivity (Wildman–Crippen MR) is 226 cm³/mol. The molecule has 10 nitrogen and oxygen atoms in total. The zero-order chi connectivity index (χ0) is 38.2. The summed E-state index contributed by atoms with van der Waals surface area (Å²) in [5.41, 5.74) is 11.4. The number of aromatic nitrogens is 8. The Hall–Kier alpha value is -8.24. The van der Waals surface area contributed by atoms with Crippen molar-refractivity contribution in [3.63, 3.8) is 0 Å². The van der Waals surface area contributed by atoms with Crippen LogP contribution in [0.4, 0.5) is 0 Å². The molecule has 12 rings (SSSR count). The van der Waals surface area contributed by atoms with Gasteiger partial charge in [0.25, 0.3) is 0 Å². The summed E-state index contributed by atoms with van der Waals surface area (Å²) in [5, 5.41) is 4.13. The van der Waals surface area contributed by atoms with Crippen LogP contribution >= 0.6 is 0 Å². The van der Waals surface area contributed by atoms with Crippen molar-refractivity contribution in [1.29, 1.82) is 0 Å². The second kappa shape index (κ2) is 12.7. The third kappa shape index (κ3) is 5.12. The molecular weight excluding hydrogens is 721 g/mol. The molecule has 0 saturated heterocycles. The highest BCUT2D eigenvalue weighted by atomic mass is 16.4. The summed E-state index contributed by atoms with van der Waals surface area (Å²) in [5.74, 6) is 2.04. The van der Waals surface area contributed by atoms with Gasteiger partial charge in [0.05, 0.1) is 22.1 Å². The van der Waals surface area contributed by atoms with Crippen LogP contribution in [0.5, 0.6) is 0 Å². The average Bonchev–Trinajstić information content (AvgIpc) is 3.88. The Kier molecular flexibility index (Phi) is 6.99. The summed E-state index contributed by atoms with van der Waals surface area (Å²) in [4.78, 5) is 38.6. The van der Waals surface area contributed by atoms with Crippen molar-refractivity contribution in [3.8, 4) is 56.7 Å². The van der Waals surface area contributed by atoms with Gasteiger partial charge in [-0.3, -0.25) is 19.9 Å². The fraction of sp³-hybridized carbons (Fsp3) is 0. The number of rotatable bonds is 5. The number of benzene rings is 6. The Morgan fingerprint density at radius 3 is 1.79 bits per heavy atom. The summed E-state index contributed by atoms with van der Waals surface area (Å²) in [6, 6.07) is 44.4. The Labute approximate surface area is 328 Å². The number of pyridine rings is 2. The van der Waals surface area contributed by atoms with Crippen LogP contribution in [0, 0.1) is 0 Å². The SMILES string of the molecule is c1cc(-c2nc(-c3ccc(-c4ccc(-c5nc6cc7c(cc6o5)oc5ccccc57)cc4)c4ccccc34)nc(-c3ccnc4cccnc34)n2)c2nccnc2c1. The molecule has 0 atom stereocenters. The first-order chi connectivity index (χ1) is 28.7. The zero-order valence-corrected chi connectivity index (χ0v) is 30.4. The molecule has 0 radical (unpaired) electrons. The maximum Gasteiger partial charge on any atom is 0.227 e. The topological polar surface area (TPSA) is 129 Å². The Bertz CT molecular complexity index is 3490. The lowest BCUT2D eigenvalue weighted by molar-refractivity contribution is 0.617. The van der Waals surface area contributed by atoms with Crippen molar-refractivity contribution < 1.29 is 8.83 Å². The van der Waals surface area contributed by atoms with Crippen molar-refractivity contribution in [2.24, 2.45) is 0 Å². The smallest absolute Gasteiger partial charge is 0.227 e. The normalized spacial score (nSPS) is 11.8. The molecular formula is C48H26N8O2. The summed E-state index contributed by atoms with van der Waals surface area (Å²) >= 11 is 0. The van der Waals surface area contributed by atoms with Crippen LogP contribution in [0.2, 0.25) is 0 Å². The lowest BCUT2D eigenvalue weighted by Crippen LogP contribution is -2.02. The summed E-state index contributed by atoms with van der Waals surface area (Å²) in [6.07, 6.45) is 6.87. The maximum absolute atomic E-state index is 6.26. The van der Waals surface area contributed by atoms with Crippen LogP contribution in [-0.2, 0) is 0 Å². The molecule has 0 saturated carbocycles. The molecule has 10 heteroatoms. The lowest BCUT2D eigenvalue weighted by atomic mass is 9.94. The molecule has 0 aliphatic heterocycles. The minimum absolute atomic E-state index is 0.483. The largest absolute Gasteiger partial charge is 0.456 e. The second-order valence-corrected chi connectivity index (χ2v) is 14.0. The van der Waals surface area contributed by atoms with Crippen LogP contribution < -0.4 is 0 Å². The van der Waals surface area contributed by atoms with Crippen molar-refractivity contribution in [3.05, 3.63) is 158 Å². The minimum atomic E-state index is 0.483. The van der Waals surface area contributed by atoms with Gasteiger partial charge in [-0.1, -0.05) is 66.7 Å². The Morgan fingerprint density at radius 2 is 0.966 bits per heavy atom. The highest BCUT2D eigenvalue weighted by molar-refractivity contribution is 6.09. The molecule has 0 spiro atoms. The molecule has 0 aliphatic rings. The van der Waals surface area contributed by atoms with Gasteiger partial charge in [-0.2, -0.15) is 0 Å². The van der Waals surface area contributed by atoms with Crippen molar-refractivity contribution in [2.75, 3.05) is 0 Å². The van der Waals surface area contributed by atoms with Gasteiger partial charge in [0.15, 0.2) is 23.1 Å². The maximum atomic E-state index is 6.26. The first-order valence-electron chi connectivity index (χ1n) is 18.7. The average molecular weight is 747 g/mol. The van der Waals surface area contributed by atoms with Gasteiger partial charge in [0.2, 0.25) is 5.89 Å². The van der Waals surface area contributed by atoms with Gasteiger partial charge in [-0.05, 0) is 82.6 Å². The van der Waals surface area contributed by atoms with Gasteiger partial charge < -0.3 is 8.83 Å². The van der Waals surface area contributed by atoms with Crippen LogP contribution in [0.15, 0.2) is 167 Å². The van der Waals surface area contributed by atoms with Crippen LogP contribution in [-0.4, -0.2) is 39.9 Å². The zero-order valence-electron chi connectivity index (χ0n) is 30.4. The molecule has 6 aromatic heterocycles. The Morgan fingerprint density at radius 1 is 0.328 bits per heavy atom. The highest BCUT2D eigenvalue weighted by Crippen LogP contribution is 2.38. The molecule has 0 amide bonds. The van der Waals surface area contributed by atoms with E-state index in [1.807, 2.05) is 84.9 Å². The molecule has 0 bridgehead atoms. The van der Waals surface area contributed by atoms with E-state index in [2.05, 4.69) is 68.5 Å². The van der Waals surface area contributed by atoms with Gasteiger partial charge in [-0.25, -0.2) is 19.9 Å². The third-order valence-corrected chi connectivity index (χ3v) is 10.6. The van der Waals surface area contributed by atoms with Gasteiger partial charge in [0, 0.05) is 63.9 Å². The van der Waals surface area contributed by atoms with E-state index in [0.29, 0.717) is 40.0 Å². The minimum Gasteiger partial charge on any atom is -0.456 e. The number of hydrogen-bond acceptors (Lipinski definition) is 10. The molecule has 0 N–H and O–H groups in total. The van der Waals surface area contributed by atoms with Gasteiger partial charge >= 0.3 is 0 Å². The van der Waals surface area contributed by atoms with Crippen LogP contribution in [0.3, 0.4) is 0 Å². The van der Waals surface area contributed by atoms with E-state index in [1.54, 1.807) is 24.8 Å². The van der Waals surface area contributed by atoms with E-state index >= 15 is 0 Å². The van der Waals surface area contributed by atoms with E-state index in [1.165, 1.54) is 0 Å². The van der Waals surface area contributed by atoms with E-state index < -0.39 is 0 Å². The van der Waals surface area contributed by atoms with E-state index in [9.17, 15) is 0 Å². The van der Waals surface area contributed by atoms with Crippen molar-refractivity contribution in [1.82, 2.24) is 39.9 Å². The van der Waals surface area contributed by atoms with E-state index in [-0.39, 0.29) is 0 Å². The number of nitrogens with zero attached hydrogens (tertiary/aromatic N) is 8. The number of furan rings is 1. The molecule has 0 aliphatic carbocycles. The molecule has 0 unspecified atom stereocenters. The third-order valence-electron chi connectivity index (χ3n) is 10.6. The van der Waals surface area contributed by atoms with Crippen LogP contribution in [0.1, 0.15) is 0 Å². The first kappa shape index (κ1) is 32.0. The van der Waals surface area contributed by atoms with E-state index in [0.717, 1.165) is 82.6 Å². The lowest BCUT2D eigenvalue weighted by Gasteiger charge is -2.14. The second-order valence-electron chi connectivity index (χ2n) is 14.0. The number of oxazole rings is 1. The molecule has 270 valence electrons. The predicted octanol–water partition coefficient (Wildman–Crippen LogP) is 11.3. The van der Waals surface area contributed by atoms with Crippen LogP contribution in [0.25, 0.3) is 123 Å². The fourth-order valence-electron chi connectivity index (χ4n) is 7.88. The monoisotopic (exact) mass is 746 g/mol. The summed E-state index contributed by atoms with van der Waals surface area (Å²) < 4.78 is 12.4. The number of hydrogen-bond donors (Lipinski definition) is 0. The van der Waals surface area contributed by atoms with Crippen molar-refractivity contribution in [2.45, 2.75) is 0 Å². The summed E-state index contributed by atoms with van der Waals surface area (Å²) in [6.45, 7) is 0. The first-order valence-corrected chi connectivity index (χ1v) is 18.7. The van der Waals surface area contributed by atoms with Gasteiger partial charge in [-0.15, -0.1) is 0 Å². The number of fused-ring (bicyclic) bond motifs is 7.